The van der Waals surface area contributed by atoms with Gasteiger partial charge in [-0.25, -0.2) is 13.2 Å². The molecule has 0 radical (unpaired) electrons. The fraction of sp³-hybridized carbons (Fsp3) is 0.211. The lowest BCUT2D eigenvalue weighted by Crippen LogP contribution is -2.06. The lowest BCUT2D eigenvalue weighted by molar-refractivity contribution is -0.137. The van der Waals surface area contributed by atoms with Gasteiger partial charge in [0.2, 0.25) is 0 Å². The highest BCUT2D eigenvalue weighted by Gasteiger charge is 2.16. The number of hydrogen-bond acceptors (Lipinski definition) is 4. The molecule has 0 aliphatic rings. The second kappa shape index (κ2) is 7.93. The van der Waals surface area contributed by atoms with Gasteiger partial charge >= 0.3 is 5.97 Å². The molecule has 2 rings (SSSR count). The highest BCUT2D eigenvalue weighted by Crippen LogP contribution is 2.20. The molecule has 0 fully saturated rings. The van der Waals surface area contributed by atoms with Crippen LogP contribution in [0.2, 0.25) is 0 Å². The summed E-state index contributed by atoms with van der Waals surface area (Å²) < 4.78 is 30.0. The van der Waals surface area contributed by atoms with Gasteiger partial charge in [-0.3, -0.25) is 0 Å². The number of aryl methyl sites for hydroxylation is 1. The van der Waals surface area contributed by atoms with Gasteiger partial charge in [-0.15, -0.1) is 0 Å². The standard InChI is InChI=1S/C19H20O4S/c1-3-23-19(20)13-10-16-6-4-5-7-17(16)14-24(21,22)18-11-8-15(2)9-12-18/h4-13H,3,14H2,1-2H3/b13-10+. The Bertz CT molecular complexity index is 834. The molecule has 2 aromatic carbocycles. The predicted octanol–water partition coefficient (Wildman–Crippen LogP) is 3.55. The molecular formula is C19H20O4S. The summed E-state index contributed by atoms with van der Waals surface area (Å²) in [7, 11) is -3.45. The average molecular weight is 344 g/mol. The first-order valence-electron chi connectivity index (χ1n) is 7.64. The van der Waals surface area contributed by atoms with Crippen molar-refractivity contribution in [1.29, 1.82) is 0 Å². The van der Waals surface area contributed by atoms with Crippen LogP contribution in [-0.4, -0.2) is 21.0 Å². The Morgan fingerprint density at radius 2 is 1.75 bits per heavy atom. The molecule has 0 N–H and O–H groups in total. The fourth-order valence-corrected chi connectivity index (χ4v) is 3.60. The Morgan fingerprint density at radius 3 is 2.42 bits per heavy atom. The van der Waals surface area contributed by atoms with E-state index >= 15 is 0 Å². The molecule has 24 heavy (non-hydrogen) atoms. The molecule has 0 saturated carbocycles. The van der Waals surface area contributed by atoms with Crippen molar-refractivity contribution in [3.63, 3.8) is 0 Å². The third kappa shape index (κ3) is 4.80. The summed E-state index contributed by atoms with van der Waals surface area (Å²) >= 11 is 0. The second-order valence-electron chi connectivity index (χ2n) is 5.36. The van der Waals surface area contributed by atoms with E-state index in [4.69, 9.17) is 4.74 Å². The molecule has 0 aliphatic carbocycles. The number of sulfone groups is 1. The zero-order valence-electron chi connectivity index (χ0n) is 13.7. The van der Waals surface area contributed by atoms with Crippen molar-refractivity contribution < 1.29 is 17.9 Å². The van der Waals surface area contributed by atoms with Crippen LogP contribution in [0.4, 0.5) is 0 Å². The Balaban J connectivity index is 2.26. The Hall–Kier alpha value is -2.40. The molecule has 0 atom stereocenters. The van der Waals surface area contributed by atoms with Gasteiger partial charge in [0.1, 0.15) is 0 Å². The van der Waals surface area contributed by atoms with Crippen molar-refractivity contribution in [2.24, 2.45) is 0 Å². The summed E-state index contributed by atoms with van der Waals surface area (Å²) in [6.07, 6.45) is 2.89. The van der Waals surface area contributed by atoms with Crippen LogP contribution < -0.4 is 0 Å². The van der Waals surface area contributed by atoms with Gasteiger partial charge in [0.05, 0.1) is 17.3 Å². The van der Waals surface area contributed by atoms with Gasteiger partial charge < -0.3 is 4.74 Å². The molecule has 126 valence electrons. The van der Waals surface area contributed by atoms with Gasteiger partial charge in [0.25, 0.3) is 0 Å². The summed E-state index contributed by atoms with van der Waals surface area (Å²) in [5.74, 6) is -0.576. The van der Waals surface area contributed by atoms with E-state index < -0.39 is 15.8 Å². The minimum Gasteiger partial charge on any atom is -0.463 e. The summed E-state index contributed by atoms with van der Waals surface area (Å²) in [6.45, 7) is 3.94. The van der Waals surface area contributed by atoms with Crippen LogP contribution in [0.5, 0.6) is 0 Å². The van der Waals surface area contributed by atoms with E-state index in [0.29, 0.717) is 17.7 Å². The largest absolute Gasteiger partial charge is 0.463 e. The van der Waals surface area contributed by atoms with Crippen LogP contribution >= 0.6 is 0 Å². The number of ether oxygens (including phenoxy) is 1. The maximum Gasteiger partial charge on any atom is 0.330 e. The number of carbonyl (C=O) groups excluding carboxylic acids is 1. The van der Waals surface area contributed by atoms with Crippen molar-refractivity contribution in [3.05, 3.63) is 71.3 Å². The maximum absolute atomic E-state index is 12.6. The lowest BCUT2D eigenvalue weighted by atomic mass is 10.1. The van der Waals surface area contributed by atoms with Crippen LogP contribution in [0.25, 0.3) is 6.08 Å². The third-order valence-electron chi connectivity index (χ3n) is 3.47. The van der Waals surface area contributed by atoms with E-state index in [1.54, 1.807) is 61.5 Å². The summed E-state index contributed by atoms with van der Waals surface area (Å²) in [5, 5.41) is 0. The minimum absolute atomic E-state index is 0.126. The van der Waals surface area contributed by atoms with Crippen LogP contribution in [0.1, 0.15) is 23.6 Å². The molecule has 0 aromatic heterocycles. The molecule has 0 heterocycles. The first kappa shape index (κ1) is 17.9. The predicted molar refractivity (Wildman–Crippen MR) is 94.2 cm³/mol. The van der Waals surface area contributed by atoms with E-state index in [1.807, 2.05) is 6.92 Å². The zero-order chi connectivity index (χ0) is 17.6. The first-order chi connectivity index (χ1) is 11.4. The Morgan fingerprint density at radius 1 is 1.08 bits per heavy atom. The van der Waals surface area contributed by atoms with E-state index in [-0.39, 0.29) is 10.6 Å². The molecule has 0 saturated heterocycles. The fourth-order valence-electron chi connectivity index (χ4n) is 2.21. The van der Waals surface area contributed by atoms with Gasteiger partial charge in [-0.2, -0.15) is 0 Å². The van der Waals surface area contributed by atoms with Crippen LogP contribution in [0, 0.1) is 6.92 Å². The second-order valence-corrected chi connectivity index (χ2v) is 7.35. The summed E-state index contributed by atoms with van der Waals surface area (Å²) in [5.41, 5.74) is 2.33. The topological polar surface area (TPSA) is 60.4 Å². The molecule has 0 bridgehead atoms. The molecular weight excluding hydrogens is 324 g/mol. The van der Waals surface area contributed by atoms with Gasteiger partial charge in [-0.1, -0.05) is 42.0 Å². The van der Waals surface area contributed by atoms with E-state index in [2.05, 4.69) is 0 Å². The molecule has 0 unspecified atom stereocenters. The minimum atomic E-state index is -3.45. The summed E-state index contributed by atoms with van der Waals surface area (Å²) in [6, 6.07) is 13.9. The number of esters is 1. The van der Waals surface area contributed by atoms with E-state index in [0.717, 1.165) is 5.56 Å². The number of hydrogen-bond donors (Lipinski definition) is 0. The normalized spacial score (nSPS) is 11.6. The third-order valence-corrected chi connectivity index (χ3v) is 5.15. The van der Waals surface area contributed by atoms with Crippen LogP contribution in [0.15, 0.2) is 59.5 Å². The monoisotopic (exact) mass is 344 g/mol. The SMILES string of the molecule is CCOC(=O)/C=C/c1ccccc1CS(=O)(=O)c1ccc(C)cc1. The summed E-state index contributed by atoms with van der Waals surface area (Å²) in [4.78, 5) is 11.7. The molecule has 0 amide bonds. The molecule has 5 heteroatoms. The van der Waals surface area contributed by atoms with Crippen molar-refractivity contribution in [1.82, 2.24) is 0 Å². The number of benzene rings is 2. The number of rotatable bonds is 6. The Labute approximate surface area is 142 Å². The molecule has 0 aliphatic heterocycles. The zero-order valence-corrected chi connectivity index (χ0v) is 14.5. The van der Waals surface area contributed by atoms with Crippen molar-refractivity contribution in [3.8, 4) is 0 Å². The van der Waals surface area contributed by atoms with Gasteiger partial charge in [-0.05, 0) is 43.2 Å². The van der Waals surface area contributed by atoms with Gasteiger partial charge in [0.15, 0.2) is 9.84 Å². The maximum atomic E-state index is 12.6. The first-order valence-corrected chi connectivity index (χ1v) is 9.30. The van der Waals surface area contributed by atoms with Gasteiger partial charge in [0, 0.05) is 6.08 Å². The van der Waals surface area contributed by atoms with Crippen LogP contribution in [-0.2, 0) is 25.1 Å². The smallest absolute Gasteiger partial charge is 0.330 e. The van der Waals surface area contributed by atoms with E-state index in [1.165, 1.54) is 6.08 Å². The van der Waals surface area contributed by atoms with E-state index in [9.17, 15) is 13.2 Å². The highest BCUT2D eigenvalue weighted by atomic mass is 32.2. The number of carbonyl (C=O) groups is 1. The Kier molecular flexibility index (Phi) is 5.93. The molecule has 0 spiro atoms. The van der Waals surface area contributed by atoms with Crippen molar-refractivity contribution in [2.45, 2.75) is 24.5 Å². The average Bonchev–Trinajstić information content (AvgIpc) is 2.54. The van der Waals surface area contributed by atoms with Crippen molar-refractivity contribution >= 4 is 21.9 Å². The lowest BCUT2D eigenvalue weighted by Gasteiger charge is -2.08. The quantitative estimate of drug-likeness (QED) is 0.594. The highest BCUT2D eigenvalue weighted by molar-refractivity contribution is 7.90. The van der Waals surface area contributed by atoms with Crippen LogP contribution in [0.3, 0.4) is 0 Å². The molecule has 2 aromatic rings. The van der Waals surface area contributed by atoms with Crippen molar-refractivity contribution in [2.75, 3.05) is 6.61 Å². The molecule has 4 nitrogen and oxygen atoms in total.